The first-order valence-electron chi connectivity index (χ1n) is 6.15. The maximum absolute atomic E-state index is 12.3. The maximum atomic E-state index is 12.3. The largest absolute Gasteiger partial charge is 0.477 e. The second-order valence-corrected chi connectivity index (χ2v) is 5.03. The minimum atomic E-state index is -1.10. The summed E-state index contributed by atoms with van der Waals surface area (Å²) in [6.45, 7) is 0.814. The van der Waals surface area contributed by atoms with Gasteiger partial charge >= 0.3 is 5.97 Å². The molecule has 0 spiro atoms. The lowest BCUT2D eigenvalue weighted by atomic mass is 10.1. The Balaban J connectivity index is 1.84. The monoisotopic (exact) mass is 246 g/mol. The number of carboxylic acid groups (broad SMARTS) is 1. The zero-order chi connectivity index (χ0) is 12.7. The number of aromatic carboxylic acids is 1. The minimum Gasteiger partial charge on any atom is -0.477 e. The van der Waals surface area contributed by atoms with Gasteiger partial charge in [0.15, 0.2) is 0 Å². The van der Waals surface area contributed by atoms with Crippen molar-refractivity contribution in [2.45, 2.75) is 25.3 Å². The number of hydrogen-bond donors (Lipinski definition) is 1. The van der Waals surface area contributed by atoms with Gasteiger partial charge in [-0.2, -0.15) is 0 Å². The van der Waals surface area contributed by atoms with Crippen LogP contribution in [0.5, 0.6) is 0 Å². The van der Waals surface area contributed by atoms with E-state index in [0.29, 0.717) is 17.5 Å². The van der Waals surface area contributed by atoms with E-state index in [1.54, 1.807) is 6.07 Å². The molecule has 1 N–H and O–H groups in total. The van der Waals surface area contributed by atoms with Crippen LogP contribution < -0.4 is 0 Å². The number of carboxylic acids is 1. The maximum Gasteiger partial charge on any atom is 0.354 e. The van der Waals surface area contributed by atoms with Crippen molar-refractivity contribution < 1.29 is 14.7 Å². The molecule has 2 fully saturated rings. The number of piperidine rings is 1. The van der Waals surface area contributed by atoms with E-state index in [9.17, 15) is 9.59 Å². The van der Waals surface area contributed by atoms with Gasteiger partial charge in [0, 0.05) is 24.3 Å². The summed E-state index contributed by atoms with van der Waals surface area (Å²) in [5, 5.41) is 8.87. The van der Waals surface area contributed by atoms with E-state index in [0.717, 1.165) is 19.4 Å². The third-order valence-corrected chi connectivity index (χ3v) is 3.90. The van der Waals surface area contributed by atoms with Crippen LogP contribution in [0.1, 0.15) is 40.1 Å². The minimum absolute atomic E-state index is 0.0629. The SMILES string of the molecule is O=C(O)c1cc(C(=O)N2CC3CCC2C3)ccn1. The van der Waals surface area contributed by atoms with Crippen LogP contribution in [0.4, 0.5) is 0 Å². The van der Waals surface area contributed by atoms with E-state index in [1.165, 1.54) is 18.7 Å². The summed E-state index contributed by atoms with van der Waals surface area (Å²) in [4.78, 5) is 28.8. The van der Waals surface area contributed by atoms with Crippen molar-refractivity contribution in [3.63, 3.8) is 0 Å². The molecule has 18 heavy (non-hydrogen) atoms. The number of hydrogen-bond acceptors (Lipinski definition) is 3. The number of nitrogens with zero attached hydrogens (tertiary/aromatic N) is 2. The molecule has 5 heteroatoms. The number of amides is 1. The van der Waals surface area contributed by atoms with Crippen molar-refractivity contribution in [2.24, 2.45) is 5.92 Å². The van der Waals surface area contributed by atoms with Crippen molar-refractivity contribution in [3.05, 3.63) is 29.6 Å². The van der Waals surface area contributed by atoms with Gasteiger partial charge < -0.3 is 10.0 Å². The van der Waals surface area contributed by atoms with Crippen molar-refractivity contribution in [2.75, 3.05) is 6.54 Å². The average Bonchev–Trinajstić information content (AvgIpc) is 3.00. The second kappa shape index (κ2) is 4.08. The predicted octanol–water partition coefficient (Wildman–Crippen LogP) is 1.40. The topological polar surface area (TPSA) is 70.5 Å². The van der Waals surface area contributed by atoms with Gasteiger partial charge in [0.25, 0.3) is 5.91 Å². The lowest BCUT2D eigenvalue weighted by Crippen LogP contribution is -2.37. The van der Waals surface area contributed by atoms with Gasteiger partial charge in [-0.05, 0) is 37.3 Å². The molecule has 1 saturated carbocycles. The first-order chi connectivity index (χ1) is 8.65. The van der Waals surface area contributed by atoms with E-state index in [1.807, 2.05) is 4.90 Å². The molecule has 0 radical (unpaired) electrons. The second-order valence-electron chi connectivity index (χ2n) is 5.03. The molecule has 1 aromatic heterocycles. The van der Waals surface area contributed by atoms with Crippen molar-refractivity contribution >= 4 is 11.9 Å². The van der Waals surface area contributed by atoms with Crippen LogP contribution in [0.3, 0.4) is 0 Å². The first-order valence-corrected chi connectivity index (χ1v) is 6.15. The number of pyridine rings is 1. The summed E-state index contributed by atoms with van der Waals surface area (Å²) in [6, 6.07) is 3.29. The molecular weight excluding hydrogens is 232 g/mol. The number of carbonyl (C=O) groups is 2. The normalized spacial score (nSPS) is 25.4. The zero-order valence-electron chi connectivity index (χ0n) is 9.87. The molecule has 94 valence electrons. The molecule has 1 saturated heterocycles. The van der Waals surface area contributed by atoms with Gasteiger partial charge in [-0.25, -0.2) is 9.78 Å². The van der Waals surface area contributed by atoms with Gasteiger partial charge in [0.1, 0.15) is 5.69 Å². The fourth-order valence-electron chi connectivity index (χ4n) is 3.02. The average molecular weight is 246 g/mol. The molecule has 2 aliphatic rings. The van der Waals surface area contributed by atoms with Crippen molar-refractivity contribution in [1.29, 1.82) is 0 Å². The van der Waals surface area contributed by atoms with Gasteiger partial charge in [0.2, 0.25) is 0 Å². The molecule has 5 nitrogen and oxygen atoms in total. The first kappa shape index (κ1) is 11.2. The summed E-state index contributed by atoms with van der Waals surface area (Å²) >= 11 is 0. The van der Waals surface area contributed by atoms with E-state index in [-0.39, 0.29) is 11.6 Å². The fourth-order valence-corrected chi connectivity index (χ4v) is 3.02. The lowest BCUT2D eigenvalue weighted by molar-refractivity contribution is 0.0690. The summed E-state index contributed by atoms with van der Waals surface area (Å²) in [6.07, 6.45) is 4.77. The van der Waals surface area contributed by atoms with Gasteiger partial charge in [-0.1, -0.05) is 0 Å². The Morgan fingerprint density at radius 2 is 2.22 bits per heavy atom. The van der Waals surface area contributed by atoms with Gasteiger partial charge in [-0.3, -0.25) is 4.79 Å². The van der Waals surface area contributed by atoms with Crippen LogP contribution in [0.25, 0.3) is 0 Å². The summed E-state index contributed by atoms with van der Waals surface area (Å²) < 4.78 is 0. The van der Waals surface area contributed by atoms with Crippen LogP contribution in [0, 0.1) is 5.92 Å². The molecule has 2 bridgehead atoms. The lowest BCUT2D eigenvalue weighted by Gasteiger charge is -2.27. The van der Waals surface area contributed by atoms with Crippen molar-refractivity contribution in [1.82, 2.24) is 9.88 Å². The van der Waals surface area contributed by atoms with E-state index in [2.05, 4.69) is 4.98 Å². The summed E-state index contributed by atoms with van der Waals surface area (Å²) in [5.41, 5.74) is 0.347. The Morgan fingerprint density at radius 3 is 2.83 bits per heavy atom. The number of carbonyl (C=O) groups excluding carboxylic acids is 1. The van der Waals surface area contributed by atoms with Crippen LogP contribution in [0.2, 0.25) is 0 Å². The van der Waals surface area contributed by atoms with E-state index in [4.69, 9.17) is 5.11 Å². The van der Waals surface area contributed by atoms with E-state index >= 15 is 0 Å². The Kier molecular flexibility index (Phi) is 2.54. The third-order valence-electron chi connectivity index (χ3n) is 3.90. The number of fused-ring (bicyclic) bond motifs is 2. The standard InChI is InChI=1S/C13H14N2O3/c16-12(15-7-8-1-2-10(15)5-8)9-3-4-14-11(6-9)13(17)18/h3-4,6,8,10H,1-2,5,7H2,(H,17,18). The highest BCUT2D eigenvalue weighted by atomic mass is 16.4. The molecule has 2 heterocycles. The number of aromatic nitrogens is 1. The van der Waals surface area contributed by atoms with Gasteiger partial charge in [-0.15, -0.1) is 0 Å². The molecule has 2 unspecified atom stereocenters. The molecule has 0 aromatic carbocycles. The summed E-state index contributed by atoms with van der Waals surface area (Å²) in [5.74, 6) is -0.528. The highest BCUT2D eigenvalue weighted by Gasteiger charge is 2.40. The smallest absolute Gasteiger partial charge is 0.354 e. The molecular formula is C13H14N2O3. The van der Waals surface area contributed by atoms with Crippen LogP contribution in [-0.4, -0.2) is 39.5 Å². The Hall–Kier alpha value is -1.91. The molecule has 1 aliphatic carbocycles. The molecule has 2 atom stereocenters. The highest BCUT2D eigenvalue weighted by molar-refractivity contribution is 5.97. The molecule has 1 aliphatic heterocycles. The molecule has 3 rings (SSSR count). The van der Waals surface area contributed by atoms with Crippen LogP contribution >= 0.6 is 0 Å². The molecule has 1 amide bonds. The van der Waals surface area contributed by atoms with Crippen LogP contribution in [0.15, 0.2) is 18.3 Å². The van der Waals surface area contributed by atoms with Gasteiger partial charge in [0.05, 0.1) is 0 Å². The Bertz CT molecular complexity index is 515. The predicted molar refractivity (Wildman–Crippen MR) is 63.4 cm³/mol. The number of rotatable bonds is 2. The van der Waals surface area contributed by atoms with E-state index < -0.39 is 5.97 Å². The van der Waals surface area contributed by atoms with Crippen LogP contribution in [-0.2, 0) is 0 Å². The quantitative estimate of drug-likeness (QED) is 0.856. The Morgan fingerprint density at radius 1 is 1.39 bits per heavy atom. The van der Waals surface area contributed by atoms with Crippen molar-refractivity contribution in [3.8, 4) is 0 Å². The fraction of sp³-hybridized carbons (Fsp3) is 0.462. The summed E-state index contributed by atoms with van der Waals surface area (Å²) in [7, 11) is 0. The zero-order valence-corrected chi connectivity index (χ0v) is 9.87. The molecule has 1 aromatic rings. The third kappa shape index (κ3) is 1.75. The Labute approximate surface area is 104 Å². The number of likely N-dealkylation sites (tertiary alicyclic amines) is 1. The highest BCUT2D eigenvalue weighted by Crippen LogP contribution is 2.38.